The van der Waals surface area contributed by atoms with Crippen molar-refractivity contribution in [3.05, 3.63) is 23.8 Å². The molecule has 0 radical (unpaired) electrons. The number of methoxy groups -OCH3 is 1. The standard InChI is InChI=1S/C15H24N4O5S.ClH/c1-11(20)18-12-4-5-14(19-25(3,22)23)13(10-12)15(21)17-7-6-16-8-9-24-2;/h4-5,10,16,19H,6-9H2,1-3H3,(H,17,21)(H,18,20);1H. The van der Waals surface area contributed by atoms with Crippen LogP contribution in [0.15, 0.2) is 18.2 Å². The van der Waals surface area contributed by atoms with Crippen molar-refractivity contribution in [1.82, 2.24) is 10.6 Å². The van der Waals surface area contributed by atoms with Gasteiger partial charge in [-0.05, 0) is 18.2 Å². The predicted molar refractivity (Wildman–Crippen MR) is 104 cm³/mol. The maximum atomic E-state index is 12.4. The molecule has 26 heavy (non-hydrogen) atoms. The highest BCUT2D eigenvalue weighted by Crippen LogP contribution is 2.21. The van der Waals surface area contributed by atoms with Crippen LogP contribution < -0.4 is 20.7 Å². The number of benzene rings is 1. The second-order valence-electron chi connectivity index (χ2n) is 5.31. The molecule has 0 saturated carbocycles. The Morgan fingerprint density at radius 2 is 1.85 bits per heavy atom. The van der Waals surface area contributed by atoms with Gasteiger partial charge in [0.1, 0.15) is 0 Å². The number of sulfonamides is 1. The van der Waals surface area contributed by atoms with Gasteiger partial charge in [0.05, 0.1) is 24.1 Å². The van der Waals surface area contributed by atoms with Gasteiger partial charge in [-0.3, -0.25) is 14.3 Å². The first-order valence-corrected chi connectivity index (χ1v) is 9.49. The quantitative estimate of drug-likeness (QED) is 0.415. The third kappa shape index (κ3) is 9.56. The smallest absolute Gasteiger partial charge is 0.253 e. The molecule has 0 aromatic heterocycles. The molecule has 0 aliphatic carbocycles. The molecule has 0 fully saturated rings. The summed E-state index contributed by atoms with van der Waals surface area (Å²) in [5.74, 6) is -0.746. The van der Waals surface area contributed by atoms with E-state index >= 15 is 0 Å². The lowest BCUT2D eigenvalue weighted by molar-refractivity contribution is -0.114. The van der Waals surface area contributed by atoms with E-state index < -0.39 is 15.9 Å². The minimum atomic E-state index is -3.55. The number of ether oxygens (including phenoxy) is 1. The van der Waals surface area contributed by atoms with Gasteiger partial charge in [-0.2, -0.15) is 0 Å². The minimum absolute atomic E-state index is 0. The van der Waals surface area contributed by atoms with Crippen molar-refractivity contribution in [2.45, 2.75) is 6.92 Å². The van der Waals surface area contributed by atoms with E-state index in [4.69, 9.17) is 4.74 Å². The summed E-state index contributed by atoms with van der Waals surface area (Å²) in [5, 5.41) is 8.33. The van der Waals surface area contributed by atoms with Gasteiger partial charge < -0.3 is 20.7 Å². The number of rotatable bonds is 10. The van der Waals surface area contributed by atoms with E-state index in [-0.39, 0.29) is 29.6 Å². The van der Waals surface area contributed by atoms with E-state index in [2.05, 4.69) is 20.7 Å². The van der Waals surface area contributed by atoms with Crippen molar-refractivity contribution < 1.29 is 22.7 Å². The van der Waals surface area contributed by atoms with Crippen LogP contribution in [0, 0.1) is 0 Å². The van der Waals surface area contributed by atoms with Crippen LogP contribution in [0.4, 0.5) is 11.4 Å². The summed E-state index contributed by atoms with van der Waals surface area (Å²) in [6.45, 7) is 3.45. The molecule has 0 spiro atoms. The zero-order valence-electron chi connectivity index (χ0n) is 14.9. The number of hydrogen-bond acceptors (Lipinski definition) is 6. The van der Waals surface area contributed by atoms with Crippen molar-refractivity contribution in [3.8, 4) is 0 Å². The largest absolute Gasteiger partial charge is 0.383 e. The van der Waals surface area contributed by atoms with E-state index in [9.17, 15) is 18.0 Å². The lowest BCUT2D eigenvalue weighted by Crippen LogP contribution is -2.33. The van der Waals surface area contributed by atoms with Gasteiger partial charge in [-0.25, -0.2) is 8.42 Å². The highest BCUT2D eigenvalue weighted by Gasteiger charge is 2.15. The first-order valence-electron chi connectivity index (χ1n) is 7.60. The Bertz CT molecular complexity index is 712. The fraction of sp³-hybridized carbons (Fsp3) is 0.467. The van der Waals surface area contributed by atoms with Crippen LogP contribution in [0.3, 0.4) is 0 Å². The number of carbonyl (C=O) groups excluding carboxylic acids is 2. The molecule has 0 heterocycles. The van der Waals surface area contributed by atoms with Gasteiger partial charge in [0.2, 0.25) is 15.9 Å². The van der Waals surface area contributed by atoms with E-state index in [1.807, 2.05) is 0 Å². The molecule has 0 atom stereocenters. The van der Waals surface area contributed by atoms with Crippen molar-refractivity contribution in [2.24, 2.45) is 0 Å². The van der Waals surface area contributed by atoms with Crippen LogP contribution in [-0.2, 0) is 19.6 Å². The van der Waals surface area contributed by atoms with Crippen molar-refractivity contribution >= 4 is 45.6 Å². The fourth-order valence-corrected chi connectivity index (χ4v) is 2.54. The maximum Gasteiger partial charge on any atom is 0.253 e. The Labute approximate surface area is 159 Å². The highest BCUT2D eigenvalue weighted by molar-refractivity contribution is 7.92. The molecule has 1 aromatic rings. The number of amides is 2. The maximum absolute atomic E-state index is 12.4. The molecule has 148 valence electrons. The molecule has 11 heteroatoms. The first kappa shape index (κ1) is 24.1. The summed E-state index contributed by atoms with van der Waals surface area (Å²) in [6.07, 6.45) is 0.996. The number of anilines is 2. The Balaban J connectivity index is 0.00000625. The average Bonchev–Trinajstić information content (AvgIpc) is 2.50. The molecule has 2 amide bonds. The lowest BCUT2D eigenvalue weighted by atomic mass is 10.1. The molecule has 9 nitrogen and oxygen atoms in total. The third-order valence-electron chi connectivity index (χ3n) is 2.95. The molecule has 4 N–H and O–H groups in total. The van der Waals surface area contributed by atoms with Gasteiger partial charge in [0.25, 0.3) is 5.91 Å². The van der Waals surface area contributed by atoms with E-state index in [0.717, 1.165) is 6.26 Å². The number of hydrogen-bond donors (Lipinski definition) is 4. The van der Waals surface area contributed by atoms with Crippen molar-refractivity contribution in [2.75, 3.05) is 49.6 Å². The summed E-state index contributed by atoms with van der Waals surface area (Å²) >= 11 is 0. The number of halogens is 1. The normalized spacial score (nSPS) is 10.6. The Morgan fingerprint density at radius 3 is 2.42 bits per heavy atom. The van der Waals surface area contributed by atoms with Gasteiger partial charge in [0, 0.05) is 39.4 Å². The molecule has 0 aliphatic rings. The zero-order valence-corrected chi connectivity index (χ0v) is 16.6. The monoisotopic (exact) mass is 408 g/mol. The van der Waals surface area contributed by atoms with Crippen LogP contribution in [0.5, 0.6) is 0 Å². The molecule has 1 aromatic carbocycles. The Kier molecular flexibility index (Phi) is 10.8. The molecule has 0 aliphatic heterocycles. The second kappa shape index (κ2) is 11.7. The summed E-state index contributed by atoms with van der Waals surface area (Å²) in [5.41, 5.74) is 0.657. The van der Waals surface area contributed by atoms with Crippen molar-refractivity contribution in [3.63, 3.8) is 0 Å². The van der Waals surface area contributed by atoms with E-state index in [0.29, 0.717) is 31.9 Å². The lowest BCUT2D eigenvalue weighted by Gasteiger charge is -2.13. The molecule has 0 bridgehead atoms. The van der Waals surface area contributed by atoms with Gasteiger partial charge in [-0.15, -0.1) is 12.4 Å². The number of nitrogens with one attached hydrogen (secondary N) is 4. The zero-order chi connectivity index (χ0) is 18.9. The van der Waals surface area contributed by atoms with Gasteiger partial charge in [-0.1, -0.05) is 0 Å². The summed E-state index contributed by atoms with van der Waals surface area (Å²) < 4.78 is 30.1. The molecular formula is C15H25ClN4O5S. The van der Waals surface area contributed by atoms with Gasteiger partial charge in [0.15, 0.2) is 0 Å². The number of carbonyl (C=O) groups is 2. The summed E-state index contributed by atoms with van der Waals surface area (Å²) in [7, 11) is -1.95. The fourth-order valence-electron chi connectivity index (χ4n) is 1.96. The minimum Gasteiger partial charge on any atom is -0.383 e. The molecule has 0 saturated heterocycles. The molecule has 0 unspecified atom stereocenters. The summed E-state index contributed by atoms with van der Waals surface area (Å²) in [6, 6.07) is 4.36. The SMILES string of the molecule is COCCNCCNC(=O)c1cc(NC(C)=O)ccc1NS(C)(=O)=O.Cl. The van der Waals surface area contributed by atoms with Crippen LogP contribution in [0.25, 0.3) is 0 Å². The van der Waals surface area contributed by atoms with Crippen LogP contribution in [-0.4, -0.2) is 59.8 Å². The third-order valence-corrected chi connectivity index (χ3v) is 3.54. The topological polar surface area (TPSA) is 126 Å². The predicted octanol–water partition coefficient (Wildman–Crippen LogP) is 0.404. The van der Waals surface area contributed by atoms with Gasteiger partial charge >= 0.3 is 0 Å². The summed E-state index contributed by atoms with van der Waals surface area (Å²) in [4.78, 5) is 23.5. The molecular weight excluding hydrogens is 384 g/mol. The average molecular weight is 409 g/mol. The Hall–Kier alpha value is -1.88. The Morgan fingerprint density at radius 1 is 1.15 bits per heavy atom. The van der Waals surface area contributed by atoms with Crippen LogP contribution in [0.1, 0.15) is 17.3 Å². The second-order valence-corrected chi connectivity index (χ2v) is 7.06. The van der Waals surface area contributed by atoms with E-state index in [1.54, 1.807) is 7.11 Å². The highest BCUT2D eigenvalue weighted by atomic mass is 35.5. The van der Waals surface area contributed by atoms with Crippen LogP contribution in [0.2, 0.25) is 0 Å². The first-order chi connectivity index (χ1) is 11.7. The molecule has 1 rings (SSSR count). The van der Waals surface area contributed by atoms with Crippen LogP contribution >= 0.6 is 12.4 Å². The van der Waals surface area contributed by atoms with Crippen molar-refractivity contribution in [1.29, 1.82) is 0 Å². The van der Waals surface area contributed by atoms with E-state index in [1.165, 1.54) is 25.1 Å².